The molecule has 8 heteroatoms. The number of rotatable bonds is 14. The molecule has 0 heterocycles. The number of methoxy groups -OCH3 is 1. The van der Waals surface area contributed by atoms with Crippen molar-refractivity contribution in [1.29, 1.82) is 0 Å². The molecule has 0 fully saturated rings. The van der Waals surface area contributed by atoms with Crippen LogP contribution in [0.15, 0.2) is 66.7 Å². The van der Waals surface area contributed by atoms with Crippen molar-refractivity contribution in [3.8, 4) is 11.5 Å². The average molecular weight is 540 g/mol. The summed E-state index contributed by atoms with van der Waals surface area (Å²) in [5.41, 5.74) is 1.81. The third-order valence-corrected chi connectivity index (χ3v) is 6.77. The van der Waals surface area contributed by atoms with Crippen LogP contribution >= 0.6 is 0 Å². The maximum absolute atomic E-state index is 14.3. The van der Waals surface area contributed by atoms with Crippen LogP contribution in [0.1, 0.15) is 44.7 Å². The van der Waals surface area contributed by atoms with Crippen LogP contribution in [0.25, 0.3) is 0 Å². The van der Waals surface area contributed by atoms with Crippen molar-refractivity contribution < 1.29 is 23.0 Å². The predicted octanol–water partition coefficient (Wildman–Crippen LogP) is 7.10. The van der Waals surface area contributed by atoms with Crippen LogP contribution in [0.4, 0.5) is 19.3 Å². The molecule has 1 unspecified atom stereocenters. The highest BCUT2D eigenvalue weighted by molar-refractivity contribution is 5.89. The normalized spacial score (nSPS) is 11.8. The van der Waals surface area contributed by atoms with E-state index in [1.54, 1.807) is 12.0 Å². The lowest BCUT2D eigenvalue weighted by Gasteiger charge is -2.30. The minimum atomic E-state index is -0.820. The Balaban J connectivity index is 1.76. The second-order valence-electron chi connectivity index (χ2n) is 9.46. The summed E-state index contributed by atoms with van der Waals surface area (Å²) in [5, 5.41) is 2.62. The van der Waals surface area contributed by atoms with E-state index in [0.717, 1.165) is 55.7 Å². The number of anilines is 1. The first-order chi connectivity index (χ1) is 18.8. The van der Waals surface area contributed by atoms with Gasteiger partial charge in [0.15, 0.2) is 11.5 Å². The minimum absolute atomic E-state index is 0.0658. The van der Waals surface area contributed by atoms with Crippen LogP contribution in [-0.4, -0.2) is 48.6 Å². The second kappa shape index (κ2) is 15.1. The Morgan fingerprint density at radius 3 is 2.36 bits per heavy atom. The molecule has 2 amide bonds. The number of halogens is 2. The van der Waals surface area contributed by atoms with Crippen LogP contribution < -0.4 is 14.8 Å². The standard InChI is InChI=1S/C31H39F2N3O3/c1-5-35(6-2)18-10-11-23(3)36(31(37)34-28-16-15-26(32)20-27(28)33)21-25-14-17-29(30(19-25)38-4)39-22-24-12-8-7-9-13-24/h7-9,12-17,19-20,23H,5-6,10-11,18,21-22H2,1-4H3,(H,34,37). The minimum Gasteiger partial charge on any atom is -0.493 e. The summed E-state index contributed by atoms with van der Waals surface area (Å²) in [4.78, 5) is 17.4. The molecule has 0 aromatic heterocycles. The second-order valence-corrected chi connectivity index (χ2v) is 9.46. The largest absolute Gasteiger partial charge is 0.493 e. The molecule has 3 aromatic rings. The van der Waals surface area contributed by atoms with E-state index in [1.165, 1.54) is 6.07 Å². The molecule has 3 rings (SSSR count). The molecule has 0 aliphatic rings. The van der Waals surface area contributed by atoms with E-state index in [1.807, 2.05) is 55.5 Å². The van der Waals surface area contributed by atoms with Crippen molar-refractivity contribution in [3.63, 3.8) is 0 Å². The summed E-state index contributed by atoms with van der Waals surface area (Å²) >= 11 is 0. The van der Waals surface area contributed by atoms with Gasteiger partial charge in [0.05, 0.1) is 12.8 Å². The fourth-order valence-electron chi connectivity index (χ4n) is 4.37. The van der Waals surface area contributed by atoms with Crippen LogP contribution in [0.5, 0.6) is 11.5 Å². The molecule has 1 N–H and O–H groups in total. The van der Waals surface area contributed by atoms with Gasteiger partial charge in [-0.1, -0.05) is 50.2 Å². The summed E-state index contributed by atoms with van der Waals surface area (Å²) in [6.45, 7) is 9.79. The zero-order valence-electron chi connectivity index (χ0n) is 23.3. The maximum Gasteiger partial charge on any atom is 0.322 e. The Morgan fingerprint density at radius 2 is 1.69 bits per heavy atom. The molecule has 6 nitrogen and oxygen atoms in total. The number of urea groups is 1. The van der Waals surface area contributed by atoms with Gasteiger partial charge in [0.25, 0.3) is 0 Å². The van der Waals surface area contributed by atoms with Gasteiger partial charge in [0, 0.05) is 18.7 Å². The van der Waals surface area contributed by atoms with Gasteiger partial charge in [-0.05, 0) is 74.8 Å². The topological polar surface area (TPSA) is 54.0 Å². The first-order valence-electron chi connectivity index (χ1n) is 13.4. The molecule has 0 saturated heterocycles. The smallest absolute Gasteiger partial charge is 0.322 e. The summed E-state index contributed by atoms with van der Waals surface area (Å²) in [6, 6.07) is 17.9. The Morgan fingerprint density at radius 1 is 0.949 bits per heavy atom. The Hall–Kier alpha value is -3.65. The van der Waals surface area contributed by atoms with E-state index in [9.17, 15) is 13.6 Å². The number of ether oxygens (including phenoxy) is 2. The number of carbonyl (C=O) groups is 1. The van der Waals surface area contributed by atoms with Crippen molar-refractivity contribution in [2.75, 3.05) is 32.1 Å². The molecular formula is C31H39F2N3O3. The van der Waals surface area contributed by atoms with Crippen molar-refractivity contribution >= 4 is 11.7 Å². The van der Waals surface area contributed by atoms with E-state index >= 15 is 0 Å². The predicted molar refractivity (Wildman–Crippen MR) is 151 cm³/mol. The highest BCUT2D eigenvalue weighted by Crippen LogP contribution is 2.30. The lowest BCUT2D eigenvalue weighted by atomic mass is 10.1. The Bertz CT molecular complexity index is 1190. The molecule has 210 valence electrons. The van der Waals surface area contributed by atoms with Crippen LogP contribution in [0.2, 0.25) is 0 Å². The highest BCUT2D eigenvalue weighted by atomic mass is 19.1. The first-order valence-corrected chi connectivity index (χ1v) is 13.4. The van der Waals surface area contributed by atoms with Gasteiger partial charge >= 0.3 is 6.03 Å². The van der Waals surface area contributed by atoms with E-state index in [2.05, 4.69) is 24.1 Å². The fraction of sp³-hybridized carbons (Fsp3) is 0.387. The lowest BCUT2D eigenvalue weighted by Crippen LogP contribution is -2.41. The number of hydrogen-bond donors (Lipinski definition) is 1. The Kier molecular flexibility index (Phi) is 11.6. The quantitative estimate of drug-likeness (QED) is 0.238. The molecular weight excluding hydrogens is 500 g/mol. The van der Waals surface area contributed by atoms with Gasteiger partial charge in [-0.15, -0.1) is 0 Å². The van der Waals surface area contributed by atoms with Gasteiger partial charge < -0.3 is 24.6 Å². The van der Waals surface area contributed by atoms with Crippen LogP contribution in [0, 0.1) is 11.6 Å². The third kappa shape index (κ3) is 8.96. The lowest BCUT2D eigenvalue weighted by molar-refractivity contribution is 0.180. The highest BCUT2D eigenvalue weighted by Gasteiger charge is 2.22. The molecule has 0 radical (unpaired) electrons. The van der Waals surface area contributed by atoms with Gasteiger partial charge in [0.2, 0.25) is 0 Å². The third-order valence-electron chi connectivity index (χ3n) is 6.77. The SMILES string of the molecule is CCN(CC)CCCC(C)N(Cc1ccc(OCc2ccccc2)c(OC)c1)C(=O)Nc1ccc(F)cc1F. The van der Waals surface area contributed by atoms with E-state index in [-0.39, 0.29) is 18.3 Å². The molecule has 39 heavy (non-hydrogen) atoms. The Labute approximate surface area is 230 Å². The molecule has 0 bridgehead atoms. The molecule has 1 atom stereocenters. The van der Waals surface area contributed by atoms with Gasteiger partial charge in [-0.25, -0.2) is 13.6 Å². The van der Waals surface area contributed by atoms with Crippen molar-refractivity contribution in [2.24, 2.45) is 0 Å². The summed E-state index contributed by atoms with van der Waals surface area (Å²) < 4.78 is 39.2. The zero-order chi connectivity index (χ0) is 28.2. The summed E-state index contributed by atoms with van der Waals surface area (Å²) in [5.74, 6) is -0.364. The molecule has 0 aliphatic carbocycles. The number of amides is 2. The van der Waals surface area contributed by atoms with Crippen LogP contribution in [-0.2, 0) is 13.2 Å². The molecule has 0 spiro atoms. The summed E-state index contributed by atoms with van der Waals surface area (Å²) in [6.07, 6.45) is 1.68. The zero-order valence-corrected chi connectivity index (χ0v) is 23.3. The van der Waals surface area contributed by atoms with Crippen molar-refractivity contribution in [1.82, 2.24) is 9.80 Å². The van der Waals surface area contributed by atoms with E-state index < -0.39 is 17.7 Å². The number of carbonyl (C=O) groups excluding carboxylic acids is 1. The van der Waals surface area contributed by atoms with E-state index in [0.29, 0.717) is 18.1 Å². The summed E-state index contributed by atoms with van der Waals surface area (Å²) in [7, 11) is 1.58. The average Bonchev–Trinajstić information content (AvgIpc) is 2.95. The van der Waals surface area contributed by atoms with Gasteiger partial charge in [0.1, 0.15) is 18.2 Å². The van der Waals surface area contributed by atoms with Crippen LogP contribution in [0.3, 0.4) is 0 Å². The van der Waals surface area contributed by atoms with Gasteiger partial charge in [-0.3, -0.25) is 0 Å². The number of nitrogens with one attached hydrogen (secondary N) is 1. The van der Waals surface area contributed by atoms with E-state index in [4.69, 9.17) is 9.47 Å². The fourth-order valence-corrected chi connectivity index (χ4v) is 4.37. The number of hydrogen-bond acceptors (Lipinski definition) is 4. The molecule has 3 aromatic carbocycles. The molecule has 0 aliphatic heterocycles. The van der Waals surface area contributed by atoms with Crippen molar-refractivity contribution in [3.05, 3.63) is 89.5 Å². The number of nitrogens with zero attached hydrogens (tertiary/aromatic N) is 2. The molecule has 0 saturated carbocycles. The maximum atomic E-state index is 14.3. The monoisotopic (exact) mass is 539 g/mol. The van der Waals surface area contributed by atoms with Gasteiger partial charge in [-0.2, -0.15) is 0 Å². The first kappa shape index (κ1) is 29.9. The number of benzene rings is 3. The van der Waals surface area contributed by atoms with Crippen molar-refractivity contribution in [2.45, 2.75) is 52.8 Å².